The van der Waals surface area contributed by atoms with Crippen molar-refractivity contribution in [3.05, 3.63) is 59.8 Å². The van der Waals surface area contributed by atoms with Gasteiger partial charge in [0.1, 0.15) is 5.56 Å². The fraction of sp³-hybridized carbons (Fsp3) is 0.316. The molecule has 138 valence electrons. The molecule has 1 aliphatic rings. The number of likely N-dealkylation sites (tertiary alicyclic amines) is 1. The highest BCUT2D eigenvalue weighted by molar-refractivity contribution is 5.99. The van der Waals surface area contributed by atoms with Crippen LogP contribution in [0.2, 0.25) is 0 Å². The lowest BCUT2D eigenvalue weighted by atomic mass is 9.94. The van der Waals surface area contributed by atoms with Crippen LogP contribution in [0.15, 0.2) is 43.0 Å². The first-order valence-electron chi connectivity index (χ1n) is 8.93. The van der Waals surface area contributed by atoms with Crippen LogP contribution < -0.4 is 5.32 Å². The zero-order valence-corrected chi connectivity index (χ0v) is 15.0. The van der Waals surface area contributed by atoms with Crippen molar-refractivity contribution in [3.8, 4) is 0 Å². The first-order chi connectivity index (χ1) is 13.2. The molecule has 4 heterocycles. The van der Waals surface area contributed by atoms with Gasteiger partial charge < -0.3 is 10.2 Å². The van der Waals surface area contributed by atoms with E-state index in [1.54, 1.807) is 42.3 Å². The fourth-order valence-electron chi connectivity index (χ4n) is 3.59. The van der Waals surface area contributed by atoms with Crippen molar-refractivity contribution >= 4 is 17.5 Å². The highest BCUT2D eigenvalue weighted by Gasteiger charge is 2.28. The van der Waals surface area contributed by atoms with Crippen molar-refractivity contribution < 1.29 is 9.59 Å². The van der Waals surface area contributed by atoms with Gasteiger partial charge in [-0.25, -0.2) is 9.50 Å². The average Bonchev–Trinajstić information content (AvgIpc) is 3.17. The topological polar surface area (TPSA) is 92.5 Å². The number of rotatable bonds is 3. The van der Waals surface area contributed by atoms with E-state index in [1.807, 2.05) is 11.0 Å². The molecule has 0 bridgehead atoms. The molecular weight excluding hydrogens is 344 g/mol. The molecule has 27 heavy (non-hydrogen) atoms. The number of carbonyl (C=O) groups excluding carboxylic acids is 2. The smallest absolute Gasteiger partial charge is 0.256 e. The first-order valence-corrected chi connectivity index (χ1v) is 8.93. The Labute approximate surface area is 156 Å². The molecule has 1 aliphatic heterocycles. The number of carbonyl (C=O) groups is 2. The highest BCUT2D eigenvalue weighted by Crippen LogP contribution is 2.28. The van der Waals surface area contributed by atoms with Crippen molar-refractivity contribution in [1.82, 2.24) is 29.8 Å². The SMILES string of the molecule is CNC(=O)c1cnn2c([C@@H]3CCCN(C(=O)c4ccncc4)C3)ccnc12. The Morgan fingerprint density at radius 3 is 2.78 bits per heavy atom. The monoisotopic (exact) mass is 364 g/mol. The molecule has 3 aromatic heterocycles. The minimum Gasteiger partial charge on any atom is -0.355 e. The van der Waals surface area contributed by atoms with Gasteiger partial charge in [0.25, 0.3) is 11.8 Å². The molecule has 0 aliphatic carbocycles. The predicted octanol–water partition coefficient (Wildman–Crippen LogP) is 1.50. The standard InChI is InChI=1S/C19H20N6O2/c1-20-18(26)15-11-23-25-16(6-9-22-17(15)25)14-3-2-10-24(12-14)19(27)13-4-7-21-8-5-13/h4-9,11,14H,2-3,10,12H2,1H3,(H,20,26)/t14-/m1/s1. The third kappa shape index (κ3) is 3.14. The molecule has 1 saturated heterocycles. The first kappa shape index (κ1) is 17.1. The molecule has 0 radical (unpaired) electrons. The van der Waals surface area contributed by atoms with Crippen molar-refractivity contribution in [3.63, 3.8) is 0 Å². The normalized spacial score (nSPS) is 17.1. The van der Waals surface area contributed by atoms with Gasteiger partial charge in [-0.3, -0.25) is 14.6 Å². The fourth-order valence-corrected chi connectivity index (χ4v) is 3.59. The van der Waals surface area contributed by atoms with Crippen molar-refractivity contribution in [2.75, 3.05) is 20.1 Å². The molecule has 0 spiro atoms. The van der Waals surface area contributed by atoms with Crippen LogP contribution in [0.3, 0.4) is 0 Å². The van der Waals surface area contributed by atoms with Crippen LogP contribution in [0.4, 0.5) is 0 Å². The highest BCUT2D eigenvalue weighted by atomic mass is 16.2. The molecule has 0 aromatic carbocycles. The van der Waals surface area contributed by atoms with Crippen LogP contribution in [-0.2, 0) is 0 Å². The summed E-state index contributed by atoms with van der Waals surface area (Å²) in [7, 11) is 1.58. The van der Waals surface area contributed by atoms with E-state index in [0.29, 0.717) is 23.3 Å². The van der Waals surface area contributed by atoms with E-state index >= 15 is 0 Å². The lowest BCUT2D eigenvalue weighted by Crippen LogP contribution is -2.39. The lowest BCUT2D eigenvalue weighted by molar-refractivity contribution is 0.0705. The van der Waals surface area contributed by atoms with Crippen LogP contribution >= 0.6 is 0 Å². The van der Waals surface area contributed by atoms with Gasteiger partial charge in [0.15, 0.2) is 5.65 Å². The third-order valence-electron chi connectivity index (χ3n) is 4.96. The summed E-state index contributed by atoms with van der Waals surface area (Å²) in [5.41, 5.74) is 2.58. The molecule has 8 nitrogen and oxygen atoms in total. The van der Waals surface area contributed by atoms with E-state index in [2.05, 4.69) is 20.4 Å². The summed E-state index contributed by atoms with van der Waals surface area (Å²) in [6.07, 6.45) is 8.36. The predicted molar refractivity (Wildman–Crippen MR) is 98.5 cm³/mol. The van der Waals surface area contributed by atoms with Gasteiger partial charge in [-0.1, -0.05) is 0 Å². The van der Waals surface area contributed by atoms with Crippen molar-refractivity contribution in [2.24, 2.45) is 0 Å². The Morgan fingerprint density at radius 2 is 2.00 bits per heavy atom. The number of piperidine rings is 1. The van der Waals surface area contributed by atoms with Crippen LogP contribution in [0.25, 0.3) is 5.65 Å². The second kappa shape index (κ2) is 7.14. The zero-order valence-electron chi connectivity index (χ0n) is 15.0. The van der Waals surface area contributed by atoms with Gasteiger partial charge in [-0.15, -0.1) is 0 Å². The summed E-state index contributed by atoms with van der Waals surface area (Å²) in [5.74, 6) is -0.0702. The maximum absolute atomic E-state index is 12.8. The number of nitrogens with zero attached hydrogens (tertiary/aromatic N) is 5. The minimum absolute atomic E-state index is 0.0129. The minimum atomic E-state index is -0.215. The maximum Gasteiger partial charge on any atom is 0.256 e. The average molecular weight is 364 g/mol. The maximum atomic E-state index is 12.8. The third-order valence-corrected chi connectivity index (χ3v) is 4.96. The Morgan fingerprint density at radius 1 is 1.19 bits per heavy atom. The molecule has 1 N–H and O–H groups in total. The molecule has 0 unspecified atom stereocenters. The van der Waals surface area contributed by atoms with Crippen LogP contribution in [0.1, 0.15) is 45.2 Å². The van der Waals surface area contributed by atoms with Crippen molar-refractivity contribution in [2.45, 2.75) is 18.8 Å². The lowest BCUT2D eigenvalue weighted by Gasteiger charge is -2.33. The van der Waals surface area contributed by atoms with Crippen LogP contribution in [-0.4, -0.2) is 56.4 Å². The van der Waals surface area contributed by atoms with Gasteiger partial charge >= 0.3 is 0 Å². The number of pyridine rings is 1. The molecule has 2 amide bonds. The molecule has 1 atom stereocenters. The molecular formula is C19H20N6O2. The van der Waals surface area contributed by atoms with Gasteiger partial charge in [0, 0.05) is 50.2 Å². The Bertz CT molecular complexity index is 984. The quantitative estimate of drug-likeness (QED) is 0.760. The Kier molecular flexibility index (Phi) is 4.53. The number of aromatic nitrogens is 4. The van der Waals surface area contributed by atoms with Gasteiger partial charge in [0.2, 0.25) is 0 Å². The largest absolute Gasteiger partial charge is 0.355 e. The molecule has 1 fully saturated rings. The van der Waals surface area contributed by atoms with E-state index in [0.717, 1.165) is 25.1 Å². The van der Waals surface area contributed by atoms with E-state index in [9.17, 15) is 9.59 Å². The number of hydrogen-bond acceptors (Lipinski definition) is 5. The molecule has 3 aromatic rings. The zero-order chi connectivity index (χ0) is 18.8. The second-order valence-corrected chi connectivity index (χ2v) is 6.57. The van der Waals surface area contributed by atoms with E-state index in [-0.39, 0.29) is 17.7 Å². The van der Waals surface area contributed by atoms with Crippen molar-refractivity contribution in [1.29, 1.82) is 0 Å². The number of nitrogens with one attached hydrogen (secondary N) is 1. The molecule has 4 rings (SSSR count). The van der Waals surface area contributed by atoms with Gasteiger partial charge in [0.05, 0.1) is 11.9 Å². The number of fused-ring (bicyclic) bond motifs is 1. The van der Waals surface area contributed by atoms with Gasteiger partial charge in [-0.05, 0) is 31.0 Å². The van der Waals surface area contributed by atoms with Crippen LogP contribution in [0, 0.1) is 0 Å². The summed E-state index contributed by atoms with van der Waals surface area (Å²) in [5, 5.41) is 6.98. The summed E-state index contributed by atoms with van der Waals surface area (Å²) in [4.78, 5) is 35.0. The molecule has 0 saturated carbocycles. The summed E-state index contributed by atoms with van der Waals surface area (Å²) in [6.45, 7) is 1.34. The van der Waals surface area contributed by atoms with E-state index in [4.69, 9.17) is 0 Å². The summed E-state index contributed by atoms with van der Waals surface area (Å²) >= 11 is 0. The second-order valence-electron chi connectivity index (χ2n) is 6.57. The summed E-state index contributed by atoms with van der Waals surface area (Å²) in [6, 6.07) is 5.39. The Hall–Kier alpha value is -3.29. The van der Waals surface area contributed by atoms with E-state index < -0.39 is 0 Å². The summed E-state index contributed by atoms with van der Waals surface area (Å²) < 4.78 is 1.72. The number of hydrogen-bond donors (Lipinski definition) is 1. The molecule has 8 heteroatoms. The number of amides is 2. The van der Waals surface area contributed by atoms with E-state index in [1.165, 1.54) is 6.20 Å². The van der Waals surface area contributed by atoms with Gasteiger partial charge in [-0.2, -0.15) is 5.10 Å². The Balaban J connectivity index is 1.63. The van der Waals surface area contributed by atoms with Crippen LogP contribution in [0.5, 0.6) is 0 Å².